The molecule has 0 aliphatic rings. The van der Waals surface area contributed by atoms with Crippen LogP contribution in [-0.2, 0) is 0 Å². The molecule has 0 bridgehead atoms. The molecule has 0 unspecified atom stereocenters. The summed E-state index contributed by atoms with van der Waals surface area (Å²) >= 11 is 1.43. The van der Waals surface area contributed by atoms with Gasteiger partial charge in [0.25, 0.3) is 0 Å². The minimum Gasteiger partial charge on any atom is -0.463 e. The number of nitrogens with zero attached hydrogens (tertiary/aromatic N) is 2. The smallest absolute Gasteiger partial charge is 0.203 e. The first kappa shape index (κ1) is 15.4. The van der Waals surface area contributed by atoms with Crippen molar-refractivity contribution in [1.82, 2.24) is 4.98 Å². The van der Waals surface area contributed by atoms with Crippen LogP contribution in [-0.4, -0.2) is 11.2 Å². The number of nitrogens with one attached hydrogen (secondary N) is 1. The maximum Gasteiger partial charge on any atom is 0.203 e. The highest BCUT2D eigenvalue weighted by atomic mass is 79.9. The summed E-state index contributed by atoms with van der Waals surface area (Å²) in [5.41, 5.74) is 4.48. The van der Waals surface area contributed by atoms with Crippen LogP contribution in [0, 0.1) is 5.82 Å². The maximum absolute atomic E-state index is 12.9. The van der Waals surface area contributed by atoms with E-state index in [1.165, 1.54) is 23.5 Å². The van der Waals surface area contributed by atoms with E-state index in [0.29, 0.717) is 10.9 Å². The minimum atomic E-state index is -0.259. The normalized spacial score (nSPS) is 10.5. The first-order valence-corrected chi connectivity index (χ1v) is 6.73. The summed E-state index contributed by atoms with van der Waals surface area (Å²) in [7, 11) is 0. The van der Waals surface area contributed by atoms with Gasteiger partial charge < -0.3 is 4.42 Å². The van der Waals surface area contributed by atoms with Gasteiger partial charge in [-0.2, -0.15) is 5.10 Å². The van der Waals surface area contributed by atoms with Gasteiger partial charge in [0.05, 0.1) is 18.2 Å². The zero-order valence-electron chi connectivity index (χ0n) is 10.7. The summed E-state index contributed by atoms with van der Waals surface area (Å²) in [6, 6.07) is 9.81. The number of hydrazone groups is 1. The molecule has 0 fully saturated rings. The quantitative estimate of drug-likeness (QED) is 0.542. The van der Waals surface area contributed by atoms with E-state index in [1.807, 2.05) is 5.38 Å². The lowest BCUT2D eigenvalue weighted by atomic mass is 10.2. The Morgan fingerprint density at radius 1 is 1.24 bits per heavy atom. The van der Waals surface area contributed by atoms with Crippen LogP contribution in [0.1, 0.15) is 5.76 Å². The zero-order valence-corrected chi connectivity index (χ0v) is 13.2. The molecular weight excluding hydrogens is 357 g/mol. The van der Waals surface area contributed by atoms with E-state index >= 15 is 0 Å². The molecule has 3 aromatic rings. The van der Waals surface area contributed by atoms with Crippen LogP contribution in [0.5, 0.6) is 0 Å². The van der Waals surface area contributed by atoms with E-state index in [9.17, 15) is 4.39 Å². The summed E-state index contributed by atoms with van der Waals surface area (Å²) in [5.74, 6) is 0.401. The highest BCUT2D eigenvalue weighted by Gasteiger charge is 2.03. The lowest BCUT2D eigenvalue weighted by molar-refractivity contribution is 0.560. The zero-order chi connectivity index (χ0) is 13.8. The number of rotatable bonds is 4. The molecule has 1 N–H and O–H groups in total. The van der Waals surface area contributed by atoms with Gasteiger partial charge in [0.15, 0.2) is 0 Å². The van der Waals surface area contributed by atoms with Crippen LogP contribution in [0.15, 0.2) is 57.6 Å². The van der Waals surface area contributed by atoms with Crippen molar-refractivity contribution < 1.29 is 8.81 Å². The van der Waals surface area contributed by atoms with Gasteiger partial charge in [0, 0.05) is 10.9 Å². The van der Waals surface area contributed by atoms with Gasteiger partial charge in [0.1, 0.15) is 11.6 Å². The third kappa shape index (κ3) is 3.99. The molecule has 0 radical (unpaired) electrons. The molecule has 7 heteroatoms. The van der Waals surface area contributed by atoms with Gasteiger partial charge in [-0.15, -0.1) is 28.3 Å². The molecule has 1 aromatic carbocycles. The fraction of sp³-hybridized carbons (Fsp3) is 0. The largest absolute Gasteiger partial charge is 0.463 e. The summed E-state index contributed by atoms with van der Waals surface area (Å²) in [6.45, 7) is 0. The van der Waals surface area contributed by atoms with Crippen LogP contribution >= 0.6 is 28.3 Å². The van der Waals surface area contributed by atoms with E-state index in [2.05, 4.69) is 15.5 Å². The Kier molecular flexibility index (Phi) is 5.24. The highest BCUT2D eigenvalue weighted by molar-refractivity contribution is 8.93. The molecule has 0 saturated carbocycles. The van der Waals surface area contributed by atoms with Crippen molar-refractivity contribution in [1.29, 1.82) is 0 Å². The lowest BCUT2D eigenvalue weighted by Gasteiger charge is -1.95. The SMILES string of the molecule is Br.Fc1ccc(-c2csc(N/N=C/c3ccco3)n2)cc1. The Hall–Kier alpha value is -1.99. The summed E-state index contributed by atoms with van der Waals surface area (Å²) < 4.78 is 18.0. The number of thiazole rings is 1. The molecule has 2 aromatic heterocycles. The van der Waals surface area contributed by atoms with Crippen LogP contribution in [0.4, 0.5) is 9.52 Å². The molecular formula is C14H11BrFN3OS. The molecule has 21 heavy (non-hydrogen) atoms. The van der Waals surface area contributed by atoms with E-state index in [0.717, 1.165) is 11.3 Å². The number of aromatic nitrogens is 1. The fourth-order valence-corrected chi connectivity index (χ4v) is 2.26. The number of furan rings is 1. The van der Waals surface area contributed by atoms with Crippen molar-refractivity contribution in [3.63, 3.8) is 0 Å². The number of hydrogen-bond acceptors (Lipinski definition) is 5. The fourth-order valence-electron chi connectivity index (χ4n) is 1.59. The van der Waals surface area contributed by atoms with Crippen LogP contribution in [0.2, 0.25) is 0 Å². The first-order valence-electron chi connectivity index (χ1n) is 5.85. The standard InChI is InChI=1S/C14H10FN3OS.BrH/c15-11-5-3-10(4-6-11)13-9-20-14(17-13)18-16-8-12-2-1-7-19-12;/h1-9H,(H,17,18);1H/b16-8+;. The molecule has 108 valence electrons. The number of hydrogen-bond donors (Lipinski definition) is 1. The van der Waals surface area contributed by atoms with Gasteiger partial charge in [-0.25, -0.2) is 9.37 Å². The van der Waals surface area contributed by atoms with Crippen molar-refractivity contribution in [2.75, 3.05) is 5.43 Å². The Labute approximate surface area is 135 Å². The molecule has 2 heterocycles. The second-order valence-electron chi connectivity index (χ2n) is 3.93. The third-order valence-corrected chi connectivity index (χ3v) is 3.29. The van der Waals surface area contributed by atoms with Gasteiger partial charge in [-0.1, -0.05) is 0 Å². The molecule has 0 atom stereocenters. The van der Waals surface area contributed by atoms with Gasteiger partial charge >= 0.3 is 0 Å². The van der Waals surface area contributed by atoms with Gasteiger partial charge in [-0.05, 0) is 36.4 Å². The Bertz CT molecular complexity index is 710. The lowest BCUT2D eigenvalue weighted by Crippen LogP contribution is -1.89. The predicted octanol–water partition coefficient (Wildman–Crippen LogP) is 4.57. The summed E-state index contributed by atoms with van der Waals surface area (Å²) in [5, 5.41) is 6.57. The number of anilines is 1. The maximum atomic E-state index is 12.9. The number of benzene rings is 1. The minimum absolute atomic E-state index is 0. The Balaban J connectivity index is 0.00000161. The van der Waals surface area contributed by atoms with Gasteiger partial charge in [-0.3, -0.25) is 5.43 Å². The van der Waals surface area contributed by atoms with E-state index in [-0.39, 0.29) is 22.8 Å². The monoisotopic (exact) mass is 367 g/mol. The van der Waals surface area contributed by atoms with Crippen LogP contribution < -0.4 is 5.43 Å². The van der Waals surface area contributed by atoms with Crippen molar-refractivity contribution >= 4 is 39.7 Å². The molecule has 4 nitrogen and oxygen atoms in total. The Morgan fingerprint density at radius 2 is 2.05 bits per heavy atom. The van der Waals surface area contributed by atoms with Crippen molar-refractivity contribution in [2.24, 2.45) is 5.10 Å². The second-order valence-corrected chi connectivity index (χ2v) is 4.79. The molecule has 0 saturated heterocycles. The first-order chi connectivity index (χ1) is 9.81. The van der Waals surface area contributed by atoms with Crippen LogP contribution in [0.3, 0.4) is 0 Å². The predicted molar refractivity (Wildman–Crippen MR) is 87.8 cm³/mol. The van der Waals surface area contributed by atoms with E-state index < -0.39 is 0 Å². The number of halogens is 2. The van der Waals surface area contributed by atoms with Crippen LogP contribution in [0.25, 0.3) is 11.3 Å². The molecule has 0 amide bonds. The topological polar surface area (TPSA) is 50.4 Å². The third-order valence-electron chi connectivity index (χ3n) is 2.54. The van der Waals surface area contributed by atoms with Crippen molar-refractivity contribution in [3.05, 3.63) is 59.6 Å². The van der Waals surface area contributed by atoms with Crippen molar-refractivity contribution in [2.45, 2.75) is 0 Å². The highest BCUT2D eigenvalue weighted by Crippen LogP contribution is 2.24. The van der Waals surface area contributed by atoms with Crippen molar-refractivity contribution in [3.8, 4) is 11.3 Å². The summed E-state index contributed by atoms with van der Waals surface area (Å²) in [6.07, 6.45) is 3.15. The summed E-state index contributed by atoms with van der Waals surface area (Å²) in [4.78, 5) is 4.37. The Morgan fingerprint density at radius 3 is 2.76 bits per heavy atom. The second kappa shape index (κ2) is 7.14. The van der Waals surface area contributed by atoms with Gasteiger partial charge in [0.2, 0.25) is 5.13 Å². The van der Waals surface area contributed by atoms with E-state index in [1.54, 1.807) is 36.7 Å². The average molecular weight is 368 g/mol. The van der Waals surface area contributed by atoms with E-state index in [4.69, 9.17) is 4.42 Å². The average Bonchev–Trinajstić information content (AvgIpc) is 3.11. The molecule has 0 aliphatic carbocycles. The molecule has 0 aliphatic heterocycles. The molecule has 0 spiro atoms. The molecule has 3 rings (SSSR count).